The fraction of sp³-hybridized carbons (Fsp3) is 0.833. The smallest absolute Gasteiger partial charge is 0.244 e. The van der Waals surface area contributed by atoms with Crippen LogP contribution in [0.25, 0.3) is 0 Å². The van der Waals surface area contributed by atoms with Gasteiger partial charge in [0.1, 0.15) is 5.82 Å². The Balaban J connectivity index is 1.92. The molecule has 0 bridgehead atoms. The molecule has 2 heterocycles. The third kappa shape index (κ3) is 3.43. The zero-order valence-corrected chi connectivity index (χ0v) is 10.8. The van der Waals surface area contributed by atoms with Crippen molar-refractivity contribution in [2.45, 2.75) is 45.6 Å². The van der Waals surface area contributed by atoms with Crippen molar-refractivity contribution in [3.63, 3.8) is 0 Å². The number of hydrogen-bond acceptors (Lipinski definition) is 4. The van der Waals surface area contributed by atoms with Crippen molar-refractivity contribution in [1.82, 2.24) is 15.2 Å². The lowest BCUT2D eigenvalue weighted by Gasteiger charge is -2.29. The van der Waals surface area contributed by atoms with Gasteiger partial charge in [0.2, 0.25) is 5.95 Å². The van der Waals surface area contributed by atoms with E-state index >= 15 is 0 Å². The zero-order chi connectivity index (χ0) is 12.3. The summed E-state index contributed by atoms with van der Waals surface area (Å²) in [5.41, 5.74) is 5.96. The van der Waals surface area contributed by atoms with Crippen LogP contribution in [0.3, 0.4) is 0 Å². The van der Waals surface area contributed by atoms with Crippen LogP contribution in [0, 0.1) is 5.92 Å². The van der Waals surface area contributed by atoms with Crippen LogP contribution in [0.15, 0.2) is 0 Å². The number of nitrogens with zero attached hydrogens (tertiary/aromatic N) is 3. The molecule has 1 aliphatic rings. The van der Waals surface area contributed by atoms with Gasteiger partial charge in [0, 0.05) is 25.6 Å². The normalized spacial score (nSPS) is 21.2. The summed E-state index contributed by atoms with van der Waals surface area (Å²) >= 11 is 0. The Morgan fingerprint density at radius 1 is 1.53 bits per heavy atom. The molecule has 17 heavy (non-hydrogen) atoms. The number of H-pyrrole nitrogens is 1. The summed E-state index contributed by atoms with van der Waals surface area (Å²) in [5.74, 6) is 2.51. The summed E-state index contributed by atoms with van der Waals surface area (Å²) in [6.45, 7) is 6.35. The highest BCUT2D eigenvalue weighted by atomic mass is 15.4. The van der Waals surface area contributed by atoms with Crippen LogP contribution in [0.4, 0.5) is 5.95 Å². The van der Waals surface area contributed by atoms with Gasteiger partial charge in [0.15, 0.2) is 0 Å². The average molecular weight is 237 g/mol. The predicted molar refractivity (Wildman–Crippen MR) is 69.0 cm³/mol. The number of aromatic amines is 1. The van der Waals surface area contributed by atoms with E-state index in [-0.39, 0.29) is 6.04 Å². The molecule has 1 unspecified atom stereocenters. The third-order valence-electron chi connectivity index (χ3n) is 3.22. The highest BCUT2D eigenvalue weighted by Crippen LogP contribution is 2.15. The summed E-state index contributed by atoms with van der Waals surface area (Å²) in [6, 6.07) is 0.265. The van der Waals surface area contributed by atoms with Crippen molar-refractivity contribution in [1.29, 1.82) is 0 Å². The van der Waals surface area contributed by atoms with Crippen LogP contribution in [0.5, 0.6) is 0 Å². The number of hydrogen-bond donors (Lipinski definition) is 2. The largest absolute Gasteiger partial charge is 0.338 e. The quantitative estimate of drug-likeness (QED) is 0.828. The van der Waals surface area contributed by atoms with Gasteiger partial charge in [0.05, 0.1) is 0 Å². The molecular weight excluding hydrogens is 214 g/mol. The predicted octanol–water partition coefficient (Wildman–Crippen LogP) is 1.32. The minimum atomic E-state index is 0.265. The van der Waals surface area contributed by atoms with Gasteiger partial charge >= 0.3 is 0 Å². The first kappa shape index (κ1) is 12.4. The first-order valence-electron chi connectivity index (χ1n) is 6.57. The molecule has 0 amide bonds. The molecule has 3 N–H and O–H groups in total. The number of nitrogens with one attached hydrogen (secondary N) is 1. The van der Waals surface area contributed by atoms with Gasteiger partial charge < -0.3 is 10.6 Å². The van der Waals surface area contributed by atoms with Gasteiger partial charge in [-0.05, 0) is 25.2 Å². The number of rotatable bonds is 4. The molecule has 5 nitrogen and oxygen atoms in total. The SMILES string of the molecule is CC(C)CCc1nc(N2CCCC(N)C2)n[nH]1. The summed E-state index contributed by atoms with van der Waals surface area (Å²) in [5, 5.41) is 7.32. The van der Waals surface area contributed by atoms with Gasteiger partial charge in [0.25, 0.3) is 0 Å². The fourth-order valence-electron chi connectivity index (χ4n) is 2.16. The molecule has 1 atom stereocenters. The molecule has 0 saturated carbocycles. The van der Waals surface area contributed by atoms with Crippen LogP contribution < -0.4 is 10.6 Å². The van der Waals surface area contributed by atoms with E-state index in [9.17, 15) is 0 Å². The van der Waals surface area contributed by atoms with Crippen molar-refractivity contribution in [3.8, 4) is 0 Å². The van der Waals surface area contributed by atoms with Gasteiger partial charge in [-0.25, -0.2) is 0 Å². The topological polar surface area (TPSA) is 70.8 Å². The third-order valence-corrected chi connectivity index (χ3v) is 3.22. The second-order valence-corrected chi connectivity index (χ2v) is 5.36. The lowest BCUT2D eigenvalue weighted by Crippen LogP contribution is -2.43. The Kier molecular flexibility index (Phi) is 3.99. The van der Waals surface area contributed by atoms with E-state index in [0.29, 0.717) is 5.92 Å². The maximum Gasteiger partial charge on any atom is 0.244 e. The van der Waals surface area contributed by atoms with Crippen molar-refractivity contribution in [2.24, 2.45) is 11.7 Å². The number of aryl methyl sites for hydroxylation is 1. The van der Waals surface area contributed by atoms with E-state index in [4.69, 9.17) is 5.73 Å². The molecule has 1 fully saturated rings. The standard InChI is InChI=1S/C12H23N5/c1-9(2)5-6-11-14-12(16-15-11)17-7-3-4-10(13)8-17/h9-10H,3-8,13H2,1-2H3,(H,14,15,16). The molecule has 96 valence electrons. The number of nitrogens with two attached hydrogens (primary N) is 1. The van der Waals surface area contributed by atoms with Crippen molar-refractivity contribution >= 4 is 5.95 Å². The Labute approximate surface area is 103 Å². The Morgan fingerprint density at radius 3 is 3.06 bits per heavy atom. The van der Waals surface area contributed by atoms with Crippen LogP contribution in [-0.2, 0) is 6.42 Å². The van der Waals surface area contributed by atoms with E-state index in [2.05, 4.69) is 33.9 Å². The molecule has 1 aromatic rings. The minimum Gasteiger partial charge on any atom is -0.338 e. The van der Waals surface area contributed by atoms with E-state index in [1.807, 2.05) is 0 Å². The molecule has 2 rings (SSSR count). The molecule has 1 aromatic heterocycles. The highest BCUT2D eigenvalue weighted by Gasteiger charge is 2.19. The van der Waals surface area contributed by atoms with E-state index in [1.165, 1.54) is 0 Å². The molecule has 1 saturated heterocycles. The Bertz CT molecular complexity index is 346. The molecule has 0 aromatic carbocycles. The van der Waals surface area contributed by atoms with Crippen LogP contribution in [-0.4, -0.2) is 34.3 Å². The first-order valence-corrected chi connectivity index (χ1v) is 6.57. The van der Waals surface area contributed by atoms with Crippen molar-refractivity contribution < 1.29 is 0 Å². The molecule has 5 heteroatoms. The fourth-order valence-corrected chi connectivity index (χ4v) is 2.16. The van der Waals surface area contributed by atoms with Gasteiger partial charge in [-0.15, -0.1) is 5.10 Å². The summed E-state index contributed by atoms with van der Waals surface area (Å²) in [7, 11) is 0. The van der Waals surface area contributed by atoms with Crippen molar-refractivity contribution in [2.75, 3.05) is 18.0 Å². The van der Waals surface area contributed by atoms with Gasteiger partial charge in [-0.1, -0.05) is 13.8 Å². The lowest BCUT2D eigenvalue weighted by atomic mass is 10.1. The van der Waals surface area contributed by atoms with Crippen LogP contribution >= 0.6 is 0 Å². The van der Waals surface area contributed by atoms with E-state index < -0.39 is 0 Å². The molecule has 1 aliphatic heterocycles. The second-order valence-electron chi connectivity index (χ2n) is 5.36. The molecule has 0 aliphatic carbocycles. The lowest BCUT2D eigenvalue weighted by molar-refractivity contribution is 0.500. The van der Waals surface area contributed by atoms with Gasteiger partial charge in [-0.3, -0.25) is 5.10 Å². The molecule has 0 spiro atoms. The monoisotopic (exact) mass is 237 g/mol. The molecular formula is C12H23N5. The van der Waals surface area contributed by atoms with E-state index in [0.717, 1.165) is 50.5 Å². The first-order chi connectivity index (χ1) is 8.15. The zero-order valence-electron chi connectivity index (χ0n) is 10.8. The maximum atomic E-state index is 5.96. The average Bonchev–Trinajstić information content (AvgIpc) is 2.75. The summed E-state index contributed by atoms with van der Waals surface area (Å²) in [6.07, 6.45) is 4.37. The highest BCUT2D eigenvalue weighted by molar-refractivity contribution is 5.29. The number of aromatic nitrogens is 3. The van der Waals surface area contributed by atoms with Crippen molar-refractivity contribution in [3.05, 3.63) is 5.82 Å². The van der Waals surface area contributed by atoms with Crippen LogP contribution in [0.2, 0.25) is 0 Å². The minimum absolute atomic E-state index is 0.265. The number of anilines is 1. The Morgan fingerprint density at radius 2 is 2.35 bits per heavy atom. The Hall–Kier alpha value is -1.10. The number of piperidine rings is 1. The van der Waals surface area contributed by atoms with Crippen LogP contribution in [0.1, 0.15) is 38.9 Å². The summed E-state index contributed by atoms with van der Waals surface area (Å²) < 4.78 is 0. The second kappa shape index (κ2) is 5.49. The summed E-state index contributed by atoms with van der Waals surface area (Å²) in [4.78, 5) is 6.73. The van der Waals surface area contributed by atoms with E-state index in [1.54, 1.807) is 0 Å². The molecule has 0 radical (unpaired) electrons. The maximum absolute atomic E-state index is 5.96. The van der Waals surface area contributed by atoms with Gasteiger partial charge in [-0.2, -0.15) is 4.98 Å².